The van der Waals surface area contributed by atoms with Crippen molar-refractivity contribution in [3.63, 3.8) is 0 Å². The summed E-state index contributed by atoms with van der Waals surface area (Å²) in [5.41, 5.74) is 2.33. The maximum atomic E-state index is 13.6. The molecule has 2 aromatic rings. The van der Waals surface area contributed by atoms with Crippen LogP contribution in [-0.2, 0) is 0 Å². The minimum atomic E-state index is -0.325. The Morgan fingerprint density at radius 2 is 2.00 bits per heavy atom. The SMILES string of the molecule is COc1ccc(C(C)Nc2cc(F)c(Br)cc2C)c(O)c1. The Bertz CT molecular complexity index is 661. The van der Waals surface area contributed by atoms with E-state index in [0.717, 1.165) is 11.1 Å². The lowest BCUT2D eigenvalue weighted by Gasteiger charge is -2.19. The van der Waals surface area contributed by atoms with Crippen molar-refractivity contribution in [2.24, 2.45) is 0 Å². The molecule has 21 heavy (non-hydrogen) atoms. The van der Waals surface area contributed by atoms with Crippen LogP contribution < -0.4 is 10.1 Å². The monoisotopic (exact) mass is 353 g/mol. The molecule has 0 aliphatic heterocycles. The third-order valence-electron chi connectivity index (χ3n) is 3.34. The summed E-state index contributed by atoms with van der Waals surface area (Å²) < 4.78 is 19.1. The van der Waals surface area contributed by atoms with E-state index < -0.39 is 0 Å². The molecule has 0 spiro atoms. The summed E-state index contributed by atoms with van der Waals surface area (Å²) in [5.74, 6) is 0.410. The molecule has 112 valence electrons. The van der Waals surface area contributed by atoms with Crippen LogP contribution in [0.1, 0.15) is 24.1 Å². The van der Waals surface area contributed by atoms with Gasteiger partial charge in [-0.1, -0.05) is 0 Å². The lowest BCUT2D eigenvalue weighted by Crippen LogP contribution is -2.08. The third-order valence-corrected chi connectivity index (χ3v) is 3.95. The van der Waals surface area contributed by atoms with Crippen molar-refractivity contribution in [1.82, 2.24) is 0 Å². The van der Waals surface area contributed by atoms with Crippen LogP contribution in [0.2, 0.25) is 0 Å². The molecule has 0 aliphatic rings. The molecule has 0 bridgehead atoms. The Balaban J connectivity index is 2.26. The number of benzene rings is 2. The second-order valence-electron chi connectivity index (χ2n) is 4.87. The first-order valence-electron chi connectivity index (χ1n) is 6.51. The molecule has 0 fully saturated rings. The third kappa shape index (κ3) is 3.47. The minimum absolute atomic E-state index is 0.143. The van der Waals surface area contributed by atoms with Crippen molar-refractivity contribution in [2.75, 3.05) is 12.4 Å². The van der Waals surface area contributed by atoms with E-state index >= 15 is 0 Å². The molecule has 2 rings (SSSR count). The van der Waals surface area contributed by atoms with Crippen LogP contribution in [0.5, 0.6) is 11.5 Å². The van der Waals surface area contributed by atoms with Crippen LogP contribution in [0.4, 0.5) is 10.1 Å². The van der Waals surface area contributed by atoms with Crippen LogP contribution in [0.15, 0.2) is 34.8 Å². The van der Waals surface area contributed by atoms with Gasteiger partial charge in [-0.3, -0.25) is 0 Å². The zero-order chi connectivity index (χ0) is 15.6. The van der Waals surface area contributed by atoms with E-state index in [9.17, 15) is 9.50 Å². The van der Waals surface area contributed by atoms with E-state index in [4.69, 9.17) is 4.74 Å². The quantitative estimate of drug-likeness (QED) is 0.830. The molecule has 0 aromatic heterocycles. The summed E-state index contributed by atoms with van der Waals surface area (Å²) in [6, 6.07) is 8.12. The molecule has 0 heterocycles. The zero-order valence-electron chi connectivity index (χ0n) is 12.1. The maximum absolute atomic E-state index is 13.6. The van der Waals surface area contributed by atoms with Gasteiger partial charge in [0.1, 0.15) is 17.3 Å². The van der Waals surface area contributed by atoms with Gasteiger partial charge >= 0.3 is 0 Å². The smallest absolute Gasteiger partial charge is 0.139 e. The molecule has 2 aromatic carbocycles. The van der Waals surface area contributed by atoms with E-state index in [2.05, 4.69) is 21.2 Å². The molecule has 0 aliphatic carbocycles. The van der Waals surface area contributed by atoms with Crippen LogP contribution in [0.25, 0.3) is 0 Å². The number of ether oxygens (including phenoxy) is 1. The molecule has 1 unspecified atom stereocenters. The topological polar surface area (TPSA) is 41.5 Å². The highest BCUT2D eigenvalue weighted by molar-refractivity contribution is 9.10. The van der Waals surface area contributed by atoms with Gasteiger partial charge in [-0.25, -0.2) is 4.39 Å². The number of anilines is 1. The first-order valence-corrected chi connectivity index (χ1v) is 7.30. The van der Waals surface area contributed by atoms with Gasteiger partial charge in [-0.15, -0.1) is 0 Å². The Morgan fingerprint density at radius 1 is 1.29 bits per heavy atom. The van der Waals surface area contributed by atoms with E-state index in [1.54, 1.807) is 31.4 Å². The summed E-state index contributed by atoms with van der Waals surface area (Å²) in [6.07, 6.45) is 0. The van der Waals surface area contributed by atoms with Crippen LogP contribution in [0.3, 0.4) is 0 Å². The van der Waals surface area contributed by atoms with Gasteiger partial charge in [0.25, 0.3) is 0 Å². The van der Waals surface area contributed by atoms with E-state index in [1.165, 1.54) is 6.07 Å². The number of aromatic hydroxyl groups is 1. The predicted molar refractivity (Wildman–Crippen MR) is 85.5 cm³/mol. The van der Waals surface area contributed by atoms with Gasteiger partial charge in [0.05, 0.1) is 17.6 Å². The fourth-order valence-corrected chi connectivity index (χ4v) is 2.59. The molecule has 5 heteroatoms. The van der Waals surface area contributed by atoms with Crippen molar-refractivity contribution in [3.8, 4) is 11.5 Å². The van der Waals surface area contributed by atoms with Crippen molar-refractivity contribution >= 4 is 21.6 Å². The number of hydrogen-bond donors (Lipinski definition) is 2. The summed E-state index contributed by atoms with van der Waals surface area (Å²) in [5, 5.41) is 13.2. The van der Waals surface area contributed by atoms with Crippen molar-refractivity contribution < 1.29 is 14.2 Å². The molecule has 0 saturated carbocycles. The Morgan fingerprint density at radius 3 is 2.62 bits per heavy atom. The largest absolute Gasteiger partial charge is 0.507 e. The van der Waals surface area contributed by atoms with Gasteiger partial charge in [0.2, 0.25) is 0 Å². The van der Waals surface area contributed by atoms with Gasteiger partial charge in [0.15, 0.2) is 0 Å². The van der Waals surface area contributed by atoms with Crippen molar-refractivity contribution in [3.05, 3.63) is 51.7 Å². The van der Waals surface area contributed by atoms with Crippen LogP contribution in [0, 0.1) is 12.7 Å². The number of methoxy groups -OCH3 is 1. The Hall–Kier alpha value is -1.75. The minimum Gasteiger partial charge on any atom is -0.507 e. The van der Waals surface area contributed by atoms with Crippen molar-refractivity contribution in [2.45, 2.75) is 19.9 Å². The highest BCUT2D eigenvalue weighted by atomic mass is 79.9. The molecular weight excluding hydrogens is 337 g/mol. The number of rotatable bonds is 4. The fraction of sp³-hybridized carbons (Fsp3) is 0.250. The standard InChI is InChI=1S/C16H17BrFNO2/c1-9-6-13(17)14(18)8-15(9)19-10(2)12-5-4-11(21-3)7-16(12)20/h4-8,10,19-20H,1-3H3. The highest BCUT2D eigenvalue weighted by Gasteiger charge is 2.13. The molecule has 0 saturated heterocycles. The Labute approximate surface area is 131 Å². The number of halogens is 2. The first-order chi connectivity index (χ1) is 9.92. The number of hydrogen-bond acceptors (Lipinski definition) is 3. The summed E-state index contributed by atoms with van der Waals surface area (Å²) in [4.78, 5) is 0. The summed E-state index contributed by atoms with van der Waals surface area (Å²) >= 11 is 3.16. The molecule has 2 N–H and O–H groups in total. The second kappa shape index (κ2) is 6.35. The van der Waals surface area contributed by atoms with Crippen LogP contribution >= 0.6 is 15.9 Å². The molecule has 3 nitrogen and oxygen atoms in total. The average Bonchev–Trinajstić information content (AvgIpc) is 2.44. The maximum Gasteiger partial charge on any atom is 0.139 e. The molecule has 0 amide bonds. The zero-order valence-corrected chi connectivity index (χ0v) is 13.7. The summed E-state index contributed by atoms with van der Waals surface area (Å²) in [6.45, 7) is 3.80. The lowest BCUT2D eigenvalue weighted by molar-refractivity contribution is 0.406. The van der Waals surface area contributed by atoms with E-state index in [-0.39, 0.29) is 17.6 Å². The van der Waals surface area contributed by atoms with Gasteiger partial charge in [0, 0.05) is 17.3 Å². The number of phenolic OH excluding ortho intramolecular Hbond substituents is 1. The second-order valence-corrected chi connectivity index (χ2v) is 5.73. The van der Waals surface area contributed by atoms with Gasteiger partial charge in [-0.05, 0) is 59.6 Å². The lowest BCUT2D eigenvalue weighted by atomic mass is 10.1. The number of nitrogens with one attached hydrogen (secondary N) is 1. The van der Waals surface area contributed by atoms with E-state index in [0.29, 0.717) is 15.9 Å². The molecule has 1 atom stereocenters. The average molecular weight is 354 g/mol. The first kappa shape index (κ1) is 15.6. The number of aryl methyl sites for hydroxylation is 1. The number of phenols is 1. The highest BCUT2D eigenvalue weighted by Crippen LogP contribution is 2.32. The van der Waals surface area contributed by atoms with Gasteiger partial charge < -0.3 is 15.2 Å². The van der Waals surface area contributed by atoms with Gasteiger partial charge in [-0.2, -0.15) is 0 Å². The summed E-state index contributed by atoms with van der Waals surface area (Å²) in [7, 11) is 1.55. The molecule has 0 radical (unpaired) electrons. The van der Waals surface area contributed by atoms with E-state index in [1.807, 2.05) is 13.8 Å². The van der Waals surface area contributed by atoms with Crippen molar-refractivity contribution in [1.29, 1.82) is 0 Å². The Kier molecular flexibility index (Phi) is 4.73. The van der Waals surface area contributed by atoms with Crippen LogP contribution in [-0.4, -0.2) is 12.2 Å². The predicted octanol–water partition coefficient (Wildman–Crippen LogP) is 4.78. The normalized spacial score (nSPS) is 12.0. The molecular formula is C16H17BrFNO2. The fourth-order valence-electron chi connectivity index (χ4n) is 2.13.